The van der Waals surface area contributed by atoms with E-state index in [-0.39, 0.29) is 5.56 Å². The first-order valence-corrected chi connectivity index (χ1v) is 6.59. The quantitative estimate of drug-likeness (QED) is 0.792. The molecule has 0 aliphatic carbocycles. The van der Waals surface area contributed by atoms with E-state index in [1.165, 1.54) is 6.20 Å². The molecule has 0 spiro atoms. The molecular weight excluding hydrogens is 272 g/mol. The smallest absolute Gasteiger partial charge is 0.339 e. The third kappa shape index (κ3) is 2.56. The molecule has 3 N–H and O–H groups in total. The fraction of sp³-hybridized carbons (Fsp3) is 0.500. The second-order valence-corrected chi connectivity index (χ2v) is 6.17. The molecule has 2 heterocycles. The molecule has 7 heteroatoms. The highest BCUT2D eigenvalue weighted by Gasteiger charge is 2.36. The number of hydrogen-bond donors (Lipinski definition) is 3. The first-order chi connectivity index (χ1) is 9.54. The predicted octanol–water partition coefficient (Wildman–Crippen LogP) is 1.63. The summed E-state index contributed by atoms with van der Waals surface area (Å²) in [6.07, 6.45) is 2.87. The number of nitrogens with one attached hydrogen (secondary N) is 1. The molecule has 0 saturated heterocycles. The van der Waals surface area contributed by atoms with Crippen LogP contribution in [0.3, 0.4) is 0 Å². The van der Waals surface area contributed by atoms with Crippen molar-refractivity contribution < 1.29 is 15.0 Å². The van der Waals surface area contributed by atoms with Gasteiger partial charge in [-0.2, -0.15) is 5.10 Å². The summed E-state index contributed by atoms with van der Waals surface area (Å²) in [6.45, 7) is 6.95. The Kier molecular flexibility index (Phi) is 3.41. The van der Waals surface area contributed by atoms with Gasteiger partial charge in [-0.15, -0.1) is 0 Å². The molecule has 114 valence electrons. The monoisotopic (exact) mass is 292 g/mol. The van der Waals surface area contributed by atoms with Crippen LogP contribution in [0.15, 0.2) is 12.4 Å². The van der Waals surface area contributed by atoms with Gasteiger partial charge in [0.1, 0.15) is 5.56 Å². The lowest BCUT2D eigenvalue weighted by Gasteiger charge is -2.39. The topological polar surface area (TPSA) is 100 Å². The summed E-state index contributed by atoms with van der Waals surface area (Å²) in [7, 11) is 1.74. The van der Waals surface area contributed by atoms with Crippen LogP contribution in [0, 0.1) is 0 Å². The van der Waals surface area contributed by atoms with Crippen molar-refractivity contribution in [2.24, 2.45) is 7.05 Å². The normalized spacial score (nSPS) is 12.7. The first kappa shape index (κ1) is 15.2. The Balaban J connectivity index is 2.65. The highest BCUT2D eigenvalue weighted by molar-refractivity contribution is 6.03. The maximum absolute atomic E-state index is 11.4. The van der Waals surface area contributed by atoms with Gasteiger partial charge in [0.25, 0.3) is 0 Å². The number of rotatable bonds is 4. The molecule has 0 fully saturated rings. The van der Waals surface area contributed by atoms with Gasteiger partial charge >= 0.3 is 5.97 Å². The number of hydrogen-bond acceptors (Lipinski definition) is 5. The minimum Gasteiger partial charge on any atom is -0.478 e. The SMILES string of the molecule is Cn1ncc2c(NC(C)(C)C(C)(C)O)c(C(=O)O)cnc21. The maximum atomic E-state index is 11.4. The van der Waals surface area contributed by atoms with Gasteiger partial charge in [-0.1, -0.05) is 0 Å². The minimum absolute atomic E-state index is 0.0489. The Labute approximate surface area is 122 Å². The van der Waals surface area contributed by atoms with Crippen molar-refractivity contribution in [3.8, 4) is 0 Å². The summed E-state index contributed by atoms with van der Waals surface area (Å²) in [6, 6.07) is 0. The van der Waals surface area contributed by atoms with Gasteiger partial charge in [0.15, 0.2) is 5.65 Å². The Hall–Kier alpha value is -2.15. The van der Waals surface area contributed by atoms with Crippen LogP contribution in [0.4, 0.5) is 5.69 Å². The number of carboxylic acid groups (broad SMARTS) is 1. The summed E-state index contributed by atoms with van der Waals surface area (Å²) >= 11 is 0. The summed E-state index contributed by atoms with van der Waals surface area (Å²) in [5, 5.41) is 27.5. The number of nitrogens with zero attached hydrogens (tertiary/aromatic N) is 3. The third-order valence-corrected chi connectivity index (χ3v) is 3.96. The van der Waals surface area contributed by atoms with Crippen molar-refractivity contribution in [2.75, 3.05) is 5.32 Å². The molecule has 2 aromatic rings. The van der Waals surface area contributed by atoms with Crippen molar-refractivity contribution in [3.63, 3.8) is 0 Å². The number of carboxylic acids is 1. The largest absolute Gasteiger partial charge is 0.478 e. The molecule has 0 amide bonds. The standard InChI is InChI=1S/C14H20N4O3/c1-13(2,14(3,4)21)17-10-8-7-16-18(5)11(8)15-6-9(10)12(19)20/h6-7,21H,1-5H3,(H,15,17)(H,19,20). The molecule has 0 atom stereocenters. The summed E-state index contributed by atoms with van der Waals surface area (Å²) in [4.78, 5) is 15.6. The zero-order chi connectivity index (χ0) is 16.0. The van der Waals surface area contributed by atoms with Gasteiger partial charge in [0, 0.05) is 13.2 Å². The first-order valence-electron chi connectivity index (χ1n) is 6.59. The van der Waals surface area contributed by atoms with Crippen LogP contribution in [0.1, 0.15) is 38.1 Å². The summed E-state index contributed by atoms with van der Waals surface area (Å²) in [5.74, 6) is -1.08. The van der Waals surface area contributed by atoms with Crippen LogP contribution in [-0.4, -0.2) is 42.1 Å². The van der Waals surface area contributed by atoms with Crippen molar-refractivity contribution in [3.05, 3.63) is 18.0 Å². The van der Waals surface area contributed by atoms with E-state index in [1.807, 2.05) is 0 Å². The molecule has 0 radical (unpaired) electrons. The highest BCUT2D eigenvalue weighted by atomic mass is 16.4. The molecule has 0 saturated carbocycles. The predicted molar refractivity (Wildman–Crippen MR) is 79.5 cm³/mol. The van der Waals surface area contributed by atoms with Crippen LogP contribution in [0.2, 0.25) is 0 Å². The number of aliphatic hydroxyl groups is 1. The molecule has 0 bridgehead atoms. The summed E-state index contributed by atoms with van der Waals surface area (Å²) in [5.41, 5.74) is -0.767. The van der Waals surface area contributed by atoms with Gasteiger partial charge in [0.2, 0.25) is 0 Å². The van der Waals surface area contributed by atoms with E-state index in [1.54, 1.807) is 45.6 Å². The third-order valence-electron chi connectivity index (χ3n) is 3.96. The lowest BCUT2D eigenvalue weighted by atomic mass is 9.85. The second kappa shape index (κ2) is 4.70. The number of carbonyl (C=O) groups is 1. The number of aryl methyl sites for hydroxylation is 1. The van der Waals surface area contributed by atoms with Gasteiger partial charge in [0.05, 0.1) is 28.4 Å². The van der Waals surface area contributed by atoms with E-state index >= 15 is 0 Å². The number of pyridine rings is 1. The Morgan fingerprint density at radius 2 is 1.90 bits per heavy atom. The lowest BCUT2D eigenvalue weighted by Crippen LogP contribution is -2.51. The minimum atomic E-state index is -1.08. The average molecular weight is 292 g/mol. The van der Waals surface area contributed by atoms with Crippen LogP contribution in [0.5, 0.6) is 0 Å². The Morgan fingerprint density at radius 1 is 1.29 bits per heavy atom. The number of aromatic nitrogens is 3. The number of anilines is 1. The van der Waals surface area contributed by atoms with Crippen molar-refractivity contribution in [1.82, 2.24) is 14.8 Å². The van der Waals surface area contributed by atoms with E-state index in [4.69, 9.17) is 0 Å². The van der Waals surface area contributed by atoms with Crippen LogP contribution >= 0.6 is 0 Å². The van der Waals surface area contributed by atoms with E-state index in [0.29, 0.717) is 16.7 Å². The number of fused-ring (bicyclic) bond motifs is 1. The molecule has 0 aliphatic heterocycles. The lowest BCUT2D eigenvalue weighted by molar-refractivity contribution is 0.0240. The second-order valence-electron chi connectivity index (χ2n) is 6.17. The molecule has 0 unspecified atom stereocenters. The molecule has 2 rings (SSSR count). The molecule has 0 aliphatic rings. The number of aromatic carboxylic acids is 1. The zero-order valence-corrected chi connectivity index (χ0v) is 12.8. The fourth-order valence-corrected chi connectivity index (χ4v) is 1.86. The fourth-order valence-electron chi connectivity index (χ4n) is 1.86. The van der Waals surface area contributed by atoms with Crippen LogP contribution < -0.4 is 5.32 Å². The summed E-state index contributed by atoms with van der Waals surface area (Å²) < 4.78 is 1.57. The van der Waals surface area contributed by atoms with E-state index in [0.717, 1.165) is 0 Å². The average Bonchev–Trinajstić information content (AvgIpc) is 2.70. The van der Waals surface area contributed by atoms with Gasteiger partial charge in [-0.05, 0) is 27.7 Å². The Morgan fingerprint density at radius 3 is 2.43 bits per heavy atom. The Bertz CT molecular complexity index is 698. The van der Waals surface area contributed by atoms with E-state index < -0.39 is 17.1 Å². The maximum Gasteiger partial charge on any atom is 0.339 e. The van der Waals surface area contributed by atoms with Gasteiger partial charge in [-0.25, -0.2) is 9.78 Å². The van der Waals surface area contributed by atoms with E-state index in [2.05, 4.69) is 15.4 Å². The van der Waals surface area contributed by atoms with Gasteiger partial charge < -0.3 is 15.5 Å². The zero-order valence-electron chi connectivity index (χ0n) is 12.8. The van der Waals surface area contributed by atoms with Crippen molar-refractivity contribution in [2.45, 2.75) is 38.8 Å². The molecular formula is C14H20N4O3. The highest BCUT2D eigenvalue weighted by Crippen LogP contribution is 2.32. The molecule has 21 heavy (non-hydrogen) atoms. The molecule has 0 aromatic carbocycles. The van der Waals surface area contributed by atoms with Crippen molar-refractivity contribution in [1.29, 1.82) is 0 Å². The molecule has 7 nitrogen and oxygen atoms in total. The van der Waals surface area contributed by atoms with Crippen LogP contribution in [0.25, 0.3) is 11.0 Å². The van der Waals surface area contributed by atoms with E-state index in [9.17, 15) is 15.0 Å². The van der Waals surface area contributed by atoms with Crippen LogP contribution in [-0.2, 0) is 7.05 Å². The molecule has 2 aromatic heterocycles. The van der Waals surface area contributed by atoms with Crippen molar-refractivity contribution >= 4 is 22.7 Å². The van der Waals surface area contributed by atoms with Gasteiger partial charge in [-0.3, -0.25) is 4.68 Å².